The van der Waals surface area contributed by atoms with Crippen molar-refractivity contribution in [3.63, 3.8) is 0 Å². The molecule has 146 valence electrons. The van der Waals surface area contributed by atoms with Gasteiger partial charge in [0.15, 0.2) is 0 Å². The van der Waals surface area contributed by atoms with Crippen LogP contribution in [-0.2, 0) is 22.5 Å². The van der Waals surface area contributed by atoms with E-state index in [9.17, 15) is 4.79 Å². The molecule has 0 spiro atoms. The van der Waals surface area contributed by atoms with E-state index in [0.29, 0.717) is 6.61 Å². The summed E-state index contributed by atoms with van der Waals surface area (Å²) in [5.41, 5.74) is 3.72. The minimum absolute atomic E-state index is 0.277. The van der Waals surface area contributed by atoms with Crippen molar-refractivity contribution in [3.05, 3.63) is 81.4 Å². The van der Waals surface area contributed by atoms with Gasteiger partial charge in [0.25, 0.3) is 0 Å². The van der Waals surface area contributed by atoms with Gasteiger partial charge in [-0.15, -0.1) is 0 Å². The SMILES string of the molecule is CCOC(=O)/C=C/CCCn1c(Br)c(Cc2ccc(Cl)cc2)c2ccccc21. The first-order valence-electron chi connectivity index (χ1n) is 9.43. The number of allylic oxidation sites excluding steroid dienone is 1. The molecule has 0 radical (unpaired) electrons. The van der Waals surface area contributed by atoms with E-state index in [1.807, 2.05) is 25.1 Å². The van der Waals surface area contributed by atoms with Gasteiger partial charge in [-0.25, -0.2) is 4.79 Å². The van der Waals surface area contributed by atoms with Crippen molar-refractivity contribution in [2.75, 3.05) is 6.61 Å². The number of hydrogen-bond donors (Lipinski definition) is 0. The predicted octanol–water partition coefficient (Wildman–Crippen LogP) is 6.55. The van der Waals surface area contributed by atoms with E-state index in [1.165, 1.54) is 28.1 Å². The second kappa shape index (κ2) is 9.94. The van der Waals surface area contributed by atoms with Gasteiger partial charge in [0.2, 0.25) is 0 Å². The van der Waals surface area contributed by atoms with Crippen LogP contribution in [0.15, 0.2) is 65.3 Å². The zero-order valence-electron chi connectivity index (χ0n) is 15.8. The lowest BCUT2D eigenvalue weighted by Gasteiger charge is -2.07. The Bertz CT molecular complexity index is 976. The first-order chi connectivity index (χ1) is 13.6. The fourth-order valence-corrected chi connectivity index (χ4v) is 4.12. The number of aromatic nitrogens is 1. The summed E-state index contributed by atoms with van der Waals surface area (Å²) in [4.78, 5) is 11.4. The highest BCUT2D eigenvalue weighted by molar-refractivity contribution is 9.10. The van der Waals surface area contributed by atoms with Crippen LogP contribution in [0.3, 0.4) is 0 Å². The average Bonchev–Trinajstić information content (AvgIpc) is 2.95. The van der Waals surface area contributed by atoms with Crippen molar-refractivity contribution in [2.45, 2.75) is 32.7 Å². The molecule has 0 fully saturated rings. The minimum Gasteiger partial charge on any atom is -0.463 e. The number of ether oxygens (including phenoxy) is 1. The molecular formula is C23H23BrClNO2. The highest BCUT2D eigenvalue weighted by Gasteiger charge is 2.15. The van der Waals surface area contributed by atoms with Crippen LogP contribution < -0.4 is 0 Å². The Kier molecular flexibility index (Phi) is 7.35. The number of para-hydroxylation sites is 1. The molecule has 0 unspecified atom stereocenters. The third kappa shape index (κ3) is 5.06. The molecule has 0 saturated heterocycles. The molecule has 0 atom stereocenters. The number of carbonyl (C=O) groups excluding carboxylic acids is 1. The van der Waals surface area contributed by atoms with Crippen LogP contribution in [-0.4, -0.2) is 17.1 Å². The summed E-state index contributed by atoms with van der Waals surface area (Å²) < 4.78 is 8.32. The van der Waals surface area contributed by atoms with Gasteiger partial charge in [0, 0.05) is 35.0 Å². The number of halogens is 2. The Balaban J connectivity index is 1.76. The van der Waals surface area contributed by atoms with Gasteiger partial charge in [-0.05, 0) is 65.0 Å². The maximum absolute atomic E-state index is 11.4. The van der Waals surface area contributed by atoms with Gasteiger partial charge < -0.3 is 9.30 Å². The van der Waals surface area contributed by atoms with Crippen LogP contribution in [0.5, 0.6) is 0 Å². The summed E-state index contributed by atoms with van der Waals surface area (Å²) in [6.45, 7) is 3.08. The average molecular weight is 461 g/mol. The normalized spacial score (nSPS) is 11.4. The quantitative estimate of drug-likeness (QED) is 0.217. The number of esters is 1. The standard InChI is InChI=1S/C23H23BrClNO2/c1-2-28-22(27)10-4-3-7-15-26-21-9-6-5-8-19(21)20(23(26)24)16-17-11-13-18(25)14-12-17/h4-6,8-14H,2-3,7,15-16H2,1H3/b10-4+. The summed E-state index contributed by atoms with van der Waals surface area (Å²) in [5.74, 6) is -0.277. The van der Waals surface area contributed by atoms with Gasteiger partial charge in [0.05, 0.1) is 11.2 Å². The van der Waals surface area contributed by atoms with Gasteiger partial charge in [-0.1, -0.05) is 48.0 Å². The van der Waals surface area contributed by atoms with Crippen LogP contribution in [0.1, 0.15) is 30.9 Å². The lowest BCUT2D eigenvalue weighted by molar-refractivity contribution is -0.137. The summed E-state index contributed by atoms with van der Waals surface area (Å²) in [7, 11) is 0. The van der Waals surface area contributed by atoms with Gasteiger partial charge in [0.1, 0.15) is 0 Å². The summed E-state index contributed by atoms with van der Waals surface area (Å²) >= 11 is 9.84. The van der Waals surface area contributed by atoms with Gasteiger partial charge >= 0.3 is 5.97 Å². The number of benzene rings is 2. The molecular weight excluding hydrogens is 438 g/mol. The van der Waals surface area contributed by atoms with Crippen LogP contribution in [0.4, 0.5) is 0 Å². The van der Waals surface area contributed by atoms with E-state index in [0.717, 1.165) is 35.4 Å². The van der Waals surface area contributed by atoms with E-state index in [1.54, 1.807) is 0 Å². The molecule has 3 rings (SSSR count). The smallest absolute Gasteiger partial charge is 0.330 e. The van der Waals surface area contributed by atoms with Crippen LogP contribution in [0.25, 0.3) is 10.9 Å². The molecule has 3 aromatic rings. The highest BCUT2D eigenvalue weighted by atomic mass is 79.9. The first-order valence-corrected chi connectivity index (χ1v) is 10.6. The second-order valence-corrected chi connectivity index (χ2v) is 7.73. The highest BCUT2D eigenvalue weighted by Crippen LogP contribution is 2.32. The number of unbranched alkanes of at least 4 members (excludes halogenated alkanes) is 1. The second-order valence-electron chi connectivity index (χ2n) is 6.54. The maximum Gasteiger partial charge on any atom is 0.330 e. The number of carbonyl (C=O) groups is 1. The van der Waals surface area contributed by atoms with Crippen molar-refractivity contribution in [3.8, 4) is 0 Å². The monoisotopic (exact) mass is 459 g/mol. The topological polar surface area (TPSA) is 31.2 Å². The van der Waals surface area contributed by atoms with Crippen molar-refractivity contribution < 1.29 is 9.53 Å². The number of fused-ring (bicyclic) bond motifs is 1. The number of hydrogen-bond acceptors (Lipinski definition) is 2. The molecule has 1 aromatic heterocycles. The first kappa shape index (κ1) is 20.7. The largest absolute Gasteiger partial charge is 0.463 e. The maximum atomic E-state index is 11.4. The Morgan fingerprint density at radius 3 is 2.68 bits per heavy atom. The van der Waals surface area contributed by atoms with Crippen LogP contribution >= 0.6 is 27.5 Å². The molecule has 5 heteroatoms. The van der Waals surface area contributed by atoms with E-state index in [2.05, 4.69) is 56.9 Å². The summed E-state index contributed by atoms with van der Waals surface area (Å²) in [6.07, 6.45) is 6.00. The third-order valence-corrected chi connectivity index (χ3v) is 5.75. The van der Waals surface area contributed by atoms with Crippen molar-refractivity contribution >= 4 is 44.4 Å². The van der Waals surface area contributed by atoms with Crippen molar-refractivity contribution in [1.29, 1.82) is 0 Å². The lowest BCUT2D eigenvalue weighted by atomic mass is 10.0. The Hall–Kier alpha value is -2.04. The van der Waals surface area contributed by atoms with E-state index >= 15 is 0 Å². The fourth-order valence-electron chi connectivity index (χ4n) is 3.27. The molecule has 0 aliphatic carbocycles. The van der Waals surface area contributed by atoms with Crippen LogP contribution in [0, 0.1) is 0 Å². The van der Waals surface area contributed by atoms with E-state index in [-0.39, 0.29) is 5.97 Å². The zero-order valence-corrected chi connectivity index (χ0v) is 18.2. The van der Waals surface area contributed by atoms with Crippen LogP contribution in [0.2, 0.25) is 5.02 Å². The Labute approximate surface area is 179 Å². The minimum atomic E-state index is -0.277. The fraction of sp³-hybridized carbons (Fsp3) is 0.261. The van der Waals surface area contributed by atoms with Crippen molar-refractivity contribution in [1.82, 2.24) is 4.57 Å². The van der Waals surface area contributed by atoms with E-state index < -0.39 is 0 Å². The Morgan fingerprint density at radius 2 is 1.93 bits per heavy atom. The van der Waals surface area contributed by atoms with Crippen molar-refractivity contribution in [2.24, 2.45) is 0 Å². The molecule has 0 aliphatic heterocycles. The summed E-state index contributed by atoms with van der Waals surface area (Å²) in [5, 5.41) is 2.01. The predicted molar refractivity (Wildman–Crippen MR) is 119 cm³/mol. The molecule has 0 N–H and O–H groups in total. The zero-order chi connectivity index (χ0) is 19.9. The third-order valence-electron chi connectivity index (χ3n) is 4.59. The lowest BCUT2D eigenvalue weighted by Crippen LogP contribution is -2.00. The molecule has 3 nitrogen and oxygen atoms in total. The van der Waals surface area contributed by atoms with Gasteiger partial charge in [-0.3, -0.25) is 0 Å². The number of nitrogens with zero attached hydrogens (tertiary/aromatic N) is 1. The molecule has 28 heavy (non-hydrogen) atoms. The van der Waals surface area contributed by atoms with E-state index in [4.69, 9.17) is 16.3 Å². The summed E-state index contributed by atoms with van der Waals surface area (Å²) in [6, 6.07) is 16.5. The van der Waals surface area contributed by atoms with Gasteiger partial charge in [-0.2, -0.15) is 0 Å². The number of rotatable bonds is 8. The molecule has 0 bridgehead atoms. The molecule has 1 heterocycles. The molecule has 0 saturated carbocycles. The number of aryl methyl sites for hydroxylation is 1. The molecule has 0 amide bonds. The molecule has 2 aromatic carbocycles. The Morgan fingerprint density at radius 1 is 1.18 bits per heavy atom. The molecule has 0 aliphatic rings.